The first-order chi connectivity index (χ1) is 17.9. The number of sulfone groups is 1. The van der Waals surface area contributed by atoms with Gasteiger partial charge in [-0.2, -0.15) is 0 Å². The number of carbonyl (C=O) groups is 2. The molecule has 202 valence electrons. The van der Waals surface area contributed by atoms with E-state index in [1.54, 1.807) is 12.1 Å². The van der Waals surface area contributed by atoms with E-state index in [4.69, 9.17) is 11.6 Å². The average molecular weight is 598 g/mol. The maximum Gasteiger partial charge on any atom is 0.325 e. The van der Waals surface area contributed by atoms with Crippen molar-refractivity contribution in [2.75, 3.05) is 16.9 Å². The van der Waals surface area contributed by atoms with Gasteiger partial charge in [0, 0.05) is 22.7 Å². The molecule has 2 heterocycles. The molecular formula is C23H24ClN5O6S3. The number of halogens is 1. The van der Waals surface area contributed by atoms with Crippen molar-refractivity contribution in [3.05, 3.63) is 58.9 Å². The molecule has 1 fully saturated rings. The number of rotatable bonds is 9. The number of hydrogen-bond donors (Lipinski definition) is 3. The van der Waals surface area contributed by atoms with Crippen LogP contribution in [0.3, 0.4) is 0 Å². The maximum atomic E-state index is 13.2. The molecule has 0 aliphatic heterocycles. The normalized spacial score (nSPS) is 14.4. The molecule has 4 rings (SSSR count). The molecule has 1 aromatic carbocycles. The van der Waals surface area contributed by atoms with E-state index in [0.29, 0.717) is 16.4 Å². The fraction of sp³-hybridized carbons (Fsp3) is 0.304. The molecule has 0 saturated heterocycles. The number of benzene rings is 1. The Kier molecular flexibility index (Phi) is 8.47. The lowest BCUT2D eigenvalue weighted by Gasteiger charge is -2.14. The Balaban J connectivity index is 1.60. The Morgan fingerprint density at radius 1 is 1.08 bits per heavy atom. The molecule has 1 aliphatic carbocycles. The van der Waals surface area contributed by atoms with E-state index >= 15 is 0 Å². The van der Waals surface area contributed by atoms with Crippen LogP contribution in [0, 0.1) is 5.92 Å². The molecule has 38 heavy (non-hydrogen) atoms. The second kappa shape index (κ2) is 11.5. The lowest BCUT2D eigenvalue weighted by molar-refractivity contribution is 0.0923. The largest absolute Gasteiger partial charge is 0.325 e. The second-order valence-corrected chi connectivity index (χ2v) is 14.0. The SMILES string of the molecule is CS(=O)(=O)NCc1nc(NC(=O)Nc2ccc(Cl)cc2C(=O)C2CCCC2)sc1S(=O)(=O)c1ccccn1. The fourth-order valence-corrected chi connectivity index (χ4v) is 7.29. The quantitative estimate of drug-likeness (QED) is 0.310. The lowest BCUT2D eigenvalue weighted by atomic mass is 9.95. The van der Waals surface area contributed by atoms with Crippen LogP contribution >= 0.6 is 22.9 Å². The highest BCUT2D eigenvalue weighted by atomic mass is 35.5. The summed E-state index contributed by atoms with van der Waals surface area (Å²) in [7, 11) is -7.83. The number of carbonyl (C=O) groups excluding carboxylic acids is 2. The van der Waals surface area contributed by atoms with Gasteiger partial charge in [-0.25, -0.2) is 36.3 Å². The van der Waals surface area contributed by atoms with Crippen LogP contribution in [0.2, 0.25) is 5.02 Å². The molecule has 11 nitrogen and oxygen atoms in total. The third-order valence-corrected chi connectivity index (χ3v) is 9.90. The second-order valence-electron chi connectivity index (χ2n) is 8.63. The molecule has 0 unspecified atom stereocenters. The Hall–Kier alpha value is -2.91. The highest BCUT2D eigenvalue weighted by Gasteiger charge is 2.29. The van der Waals surface area contributed by atoms with Crippen molar-refractivity contribution in [3.63, 3.8) is 0 Å². The summed E-state index contributed by atoms with van der Waals surface area (Å²) in [5.41, 5.74) is 0.431. The number of sulfonamides is 1. The predicted molar refractivity (Wildman–Crippen MR) is 144 cm³/mol. The number of ketones is 1. The van der Waals surface area contributed by atoms with Gasteiger partial charge in [-0.1, -0.05) is 41.8 Å². The molecule has 3 N–H and O–H groups in total. The Bertz CT molecular complexity index is 1570. The Labute approximate surface area is 229 Å². The number of hydrogen-bond acceptors (Lipinski definition) is 9. The number of amides is 2. The maximum absolute atomic E-state index is 13.2. The van der Waals surface area contributed by atoms with Crippen LogP contribution in [0.5, 0.6) is 0 Å². The van der Waals surface area contributed by atoms with Crippen molar-refractivity contribution in [2.24, 2.45) is 5.92 Å². The summed E-state index contributed by atoms with van der Waals surface area (Å²) in [5.74, 6) is -0.243. The van der Waals surface area contributed by atoms with Crippen molar-refractivity contribution < 1.29 is 26.4 Å². The average Bonchev–Trinajstić information content (AvgIpc) is 3.54. The Morgan fingerprint density at radius 2 is 1.82 bits per heavy atom. The predicted octanol–water partition coefficient (Wildman–Crippen LogP) is 4.09. The molecular weight excluding hydrogens is 574 g/mol. The summed E-state index contributed by atoms with van der Waals surface area (Å²) in [6.45, 7) is -0.419. The van der Waals surface area contributed by atoms with Crippen LogP contribution in [0.25, 0.3) is 0 Å². The van der Waals surface area contributed by atoms with Crippen LogP contribution in [0.1, 0.15) is 41.7 Å². The van der Waals surface area contributed by atoms with Crippen LogP contribution < -0.4 is 15.4 Å². The summed E-state index contributed by atoms with van der Waals surface area (Å²) in [6, 6.07) is 8.14. The van der Waals surface area contributed by atoms with Crippen LogP contribution in [-0.4, -0.2) is 44.9 Å². The van der Waals surface area contributed by atoms with E-state index in [0.717, 1.165) is 31.9 Å². The first kappa shape index (κ1) is 28.1. The van der Waals surface area contributed by atoms with E-state index in [9.17, 15) is 26.4 Å². The van der Waals surface area contributed by atoms with E-state index in [1.165, 1.54) is 30.5 Å². The summed E-state index contributed by atoms with van der Waals surface area (Å²) >= 11 is 6.76. The van der Waals surface area contributed by atoms with Crippen LogP contribution in [0.15, 0.2) is 51.8 Å². The van der Waals surface area contributed by atoms with Gasteiger partial charge >= 0.3 is 6.03 Å². The van der Waals surface area contributed by atoms with Crippen molar-refractivity contribution in [1.29, 1.82) is 0 Å². The molecule has 0 spiro atoms. The van der Waals surface area contributed by atoms with Gasteiger partial charge < -0.3 is 5.32 Å². The number of aromatic nitrogens is 2. The van der Waals surface area contributed by atoms with E-state index < -0.39 is 32.4 Å². The van der Waals surface area contributed by atoms with Crippen molar-refractivity contribution >= 4 is 65.4 Å². The summed E-state index contributed by atoms with van der Waals surface area (Å²) in [4.78, 5) is 33.9. The van der Waals surface area contributed by atoms with Gasteiger partial charge in [-0.05, 0) is 43.2 Å². The van der Waals surface area contributed by atoms with Gasteiger partial charge in [-0.15, -0.1) is 0 Å². The minimum absolute atomic E-state index is 0.0973. The monoisotopic (exact) mass is 597 g/mol. The molecule has 2 aromatic heterocycles. The third-order valence-electron chi connectivity index (χ3n) is 5.76. The summed E-state index contributed by atoms with van der Waals surface area (Å²) in [5, 5.41) is 5.08. The number of nitrogens with zero attached hydrogens (tertiary/aromatic N) is 2. The Morgan fingerprint density at radius 3 is 2.47 bits per heavy atom. The molecule has 3 aromatic rings. The van der Waals surface area contributed by atoms with Gasteiger partial charge in [0.05, 0.1) is 24.2 Å². The van der Waals surface area contributed by atoms with Crippen molar-refractivity contribution in [2.45, 2.75) is 41.5 Å². The van der Waals surface area contributed by atoms with Gasteiger partial charge in [-0.3, -0.25) is 10.1 Å². The smallest absolute Gasteiger partial charge is 0.307 e. The minimum Gasteiger partial charge on any atom is -0.307 e. The number of Topliss-reactive ketones (excluding diaryl/α,β-unsaturated/α-hetero) is 1. The number of nitrogens with one attached hydrogen (secondary N) is 3. The van der Waals surface area contributed by atoms with Gasteiger partial charge in [0.1, 0.15) is 0 Å². The highest BCUT2D eigenvalue weighted by molar-refractivity contribution is 7.93. The van der Waals surface area contributed by atoms with Gasteiger partial charge in [0.25, 0.3) is 0 Å². The molecule has 1 saturated carbocycles. The zero-order valence-electron chi connectivity index (χ0n) is 20.1. The number of anilines is 2. The summed E-state index contributed by atoms with van der Waals surface area (Å²) < 4.78 is 51.6. The van der Waals surface area contributed by atoms with Gasteiger partial charge in [0.15, 0.2) is 20.1 Å². The zero-order chi connectivity index (χ0) is 27.5. The zero-order valence-corrected chi connectivity index (χ0v) is 23.3. The standard InChI is InChI=1S/C23H24ClN5O6S3/c1-37(32,33)26-13-18-21(38(34,35)19-8-4-5-11-25-19)36-23(28-18)29-22(31)27-17-10-9-15(24)12-16(17)20(30)14-6-2-3-7-14/h4-5,8-12,14,26H,2-3,6-7,13H2,1H3,(H2,27,28,29,31). The van der Waals surface area contributed by atoms with Crippen molar-refractivity contribution in [1.82, 2.24) is 14.7 Å². The first-order valence-corrected chi connectivity index (χ1v) is 16.0. The molecule has 2 amide bonds. The van der Waals surface area contributed by atoms with E-state index in [1.807, 2.05) is 0 Å². The van der Waals surface area contributed by atoms with Crippen LogP contribution in [0.4, 0.5) is 15.6 Å². The number of urea groups is 1. The number of thiazole rings is 1. The van der Waals surface area contributed by atoms with E-state index in [-0.39, 0.29) is 43.0 Å². The third kappa shape index (κ3) is 6.74. The summed E-state index contributed by atoms with van der Waals surface area (Å²) in [6.07, 6.45) is 5.71. The fourth-order valence-electron chi connectivity index (χ4n) is 4.00. The van der Waals surface area contributed by atoms with Crippen LogP contribution in [-0.2, 0) is 26.4 Å². The molecule has 0 atom stereocenters. The number of pyridine rings is 1. The van der Waals surface area contributed by atoms with Crippen molar-refractivity contribution in [3.8, 4) is 0 Å². The molecule has 0 radical (unpaired) electrons. The molecule has 1 aliphatic rings. The molecule has 15 heteroatoms. The minimum atomic E-state index is -4.16. The topological polar surface area (TPSA) is 164 Å². The molecule has 0 bridgehead atoms. The lowest BCUT2D eigenvalue weighted by Crippen LogP contribution is -2.23. The first-order valence-electron chi connectivity index (χ1n) is 11.5. The van der Waals surface area contributed by atoms with E-state index in [2.05, 4.69) is 25.3 Å². The highest BCUT2D eigenvalue weighted by Crippen LogP contribution is 2.33. The van der Waals surface area contributed by atoms with Gasteiger partial charge in [0.2, 0.25) is 19.9 Å².